The number of rotatable bonds is 9. The number of methoxy groups -OCH3 is 2. The fraction of sp³-hybridized carbons (Fsp3) is 0.316. The summed E-state index contributed by atoms with van der Waals surface area (Å²) in [5.41, 5.74) is 1.20. The topological polar surface area (TPSA) is 99.9 Å². The van der Waals surface area contributed by atoms with E-state index in [1.165, 1.54) is 26.4 Å². The third-order valence-electron chi connectivity index (χ3n) is 3.90. The zero-order valence-electron chi connectivity index (χ0n) is 15.4. The Morgan fingerprint density at radius 3 is 2.48 bits per heavy atom. The van der Waals surface area contributed by atoms with Gasteiger partial charge in [0.25, 0.3) is 5.69 Å². The van der Waals surface area contributed by atoms with Gasteiger partial charge < -0.3 is 19.5 Å². The van der Waals surface area contributed by atoms with Crippen LogP contribution in [-0.4, -0.2) is 31.2 Å². The molecule has 2 aromatic carbocycles. The summed E-state index contributed by atoms with van der Waals surface area (Å²) in [6.45, 7) is 2.02. The van der Waals surface area contributed by atoms with Crippen molar-refractivity contribution in [3.63, 3.8) is 0 Å². The second kappa shape index (κ2) is 9.42. The number of nitrogens with one attached hydrogen (secondary N) is 1. The summed E-state index contributed by atoms with van der Waals surface area (Å²) < 4.78 is 15.9. The number of para-hydroxylation sites is 1. The molecule has 1 atom stereocenters. The van der Waals surface area contributed by atoms with Gasteiger partial charge in [0.1, 0.15) is 0 Å². The van der Waals surface area contributed by atoms with Gasteiger partial charge in [-0.25, -0.2) is 4.79 Å². The molecule has 0 aliphatic heterocycles. The maximum Gasteiger partial charge on any atom is 0.347 e. The van der Waals surface area contributed by atoms with Crippen molar-refractivity contribution in [3.05, 3.63) is 58.1 Å². The lowest BCUT2D eigenvalue weighted by Crippen LogP contribution is -2.28. The lowest BCUT2D eigenvalue weighted by molar-refractivity contribution is -0.385. The molecule has 27 heavy (non-hydrogen) atoms. The van der Waals surface area contributed by atoms with Crippen LogP contribution in [0.15, 0.2) is 42.5 Å². The Bertz CT molecular complexity index is 794. The highest BCUT2D eigenvalue weighted by Crippen LogP contribution is 2.37. The quantitative estimate of drug-likeness (QED) is 0.407. The molecule has 0 bridgehead atoms. The third kappa shape index (κ3) is 5.10. The number of carbonyl (C=O) groups is 1. The highest BCUT2D eigenvalue weighted by Gasteiger charge is 2.25. The molecule has 144 valence electrons. The van der Waals surface area contributed by atoms with E-state index >= 15 is 0 Å². The SMILES string of the molecule is CCC(Oc1c(CNc2ccccc2)cc([N+](=O)[O-])cc1OC)C(=O)OC. The highest BCUT2D eigenvalue weighted by atomic mass is 16.6. The maximum atomic E-state index is 11.9. The van der Waals surface area contributed by atoms with Crippen LogP contribution in [0.3, 0.4) is 0 Å². The van der Waals surface area contributed by atoms with Crippen LogP contribution in [0.4, 0.5) is 11.4 Å². The van der Waals surface area contributed by atoms with Crippen LogP contribution in [-0.2, 0) is 16.1 Å². The Kier molecular flexibility index (Phi) is 6.99. The minimum absolute atomic E-state index is 0.129. The van der Waals surface area contributed by atoms with Crippen molar-refractivity contribution in [2.75, 3.05) is 19.5 Å². The maximum absolute atomic E-state index is 11.9. The summed E-state index contributed by atoms with van der Waals surface area (Å²) in [6.07, 6.45) is -0.473. The highest BCUT2D eigenvalue weighted by molar-refractivity contribution is 5.75. The molecule has 0 spiro atoms. The number of anilines is 1. The van der Waals surface area contributed by atoms with E-state index in [2.05, 4.69) is 5.32 Å². The third-order valence-corrected chi connectivity index (χ3v) is 3.90. The van der Waals surface area contributed by atoms with Crippen molar-refractivity contribution in [1.82, 2.24) is 0 Å². The standard InChI is InChI=1S/C19H22N2O6/c1-4-16(19(22)26-3)27-18-13(12-20-14-8-6-5-7-9-14)10-15(21(23)24)11-17(18)25-2/h5-11,16,20H,4,12H2,1-3H3. The largest absolute Gasteiger partial charge is 0.493 e. The molecule has 0 heterocycles. The number of hydrogen-bond donors (Lipinski definition) is 1. The Hall–Kier alpha value is -3.29. The lowest BCUT2D eigenvalue weighted by Gasteiger charge is -2.20. The predicted molar refractivity (Wildman–Crippen MR) is 100 cm³/mol. The van der Waals surface area contributed by atoms with Gasteiger partial charge in [0.15, 0.2) is 17.6 Å². The molecule has 1 unspecified atom stereocenters. The molecule has 0 amide bonds. The first-order valence-electron chi connectivity index (χ1n) is 8.38. The Labute approximate surface area is 157 Å². The van der Waals surface area contributed by atoms with Gasteiger partial charge in [-0.15, -0.1) is 0 Å². The average Bonchev–Trinajstić information content (AvgIpc) is 2.70. The number of benzene rings is 2. The summed E-state index contributed by atoms with van der Waals surface area (Å²) in [5.74, 6) is -0.0833. The van der Waals surface area contributed by atoms with E-state index in [-0.39, 0.29) is 23.7 Å². The first-order chi connectivity index (χ1) is 13.0. The van der Waals surface area contributed by atoms with E-state index < -0.39 is 17.0 Å². The second-order valence-corrected chi connectivity index (χ2v) is 5.65. The minimum Gasteiger partial charge on any atom is -0.493 e. The van der Waals surface area contributed by atoms with Crippen molar-refractivity contribution in [1.29, 1.82) is 0 Å². The number of carbonyl (C=O) groups excluding carboxylic acids is 1. The molecule has 0 radical (unpaired) electrons. The van der Waals surface area contributed by atoms with Crippen LogP contribution in [0.5, 0.6) is 11.5 Å². The van der Waals surface area contributed by atoms with Gasteiger partial charge in [-0.3, -0.25) is 10.1 Å². The Balaban J connectivity index is 2.41. The van der Waals surface area contributed by atoms with E-state index in [0.29, 0.717) is 12.0 Å². The molecule has 2 aromatic rings. The molecule has 1 N–H and O–H groups in total. The van der Waals surface area contributed by atoms with Crippen LogP contribution in [0.25, 0.3) is 0 Å². The molecule has 0 aromatic heterocycles. The molecular weight excluding hydrogens is 352 g/mol. The molecular formula is C19H22N2O6. The average molecular weight is 374 g/mol. The van der Waals surface area contributed by atoms with Gasteiger partial charge in [-0.1, -0.05) is 25.1 Å². The van der Waals surface area contributed by atoms with E-state index in [0.717, 1.165) is 5.69 Å². The molecule has 2 rings (SSSR count). The van der Waals surface area contributed by atoms with E-state index in [1.54, 1.807) is 6.92 Å². The zero-order chi connectivity index (χ0) is 19.8. The normalized spacial score (nSPS) is 11.4. The smallest absolute Gasteiger partial charge is 0.347 e. The Morgan fingerprint density at radius 2 is 1.93 bits per heavy atom. The molecule has 0 saturated heterocycles. The number of nitro benzene ring substituents is 1. The first kappa shape index (κ1) is 20.0. The van der Waals surface area contributed by atoms with Crippen molar-refractivity contribution < 1.29 is 23.9 Å². The number of nitrogens with zero attached hydrogens (tertiary/aromatic N) is 1. The number of esters is 1. The fourth-order valence-corrected chi connectivity index (χ4v) is 2.49. The number of non-ortho nitro benzene ring substituents is 1. The van der Waals surface area contributed by atoms with Crippen molar-refractivity contribution >= 4 is 17.3 Å². The van der Waals surface area contributed by atoms with Gasteiger partial charge >= 0.3 is 5.97 Å². The summed E-state index contributed by atoms with van der Waals surface area (Å²) >= 11 is 0. The molecule has 8 heteroatoms. The summed E-state index contributed by atoms with van der Waals surface area (Å²) in [4.78, 5) is 22.7. The van der Waals surface area contributed by atoms with Crippen LogP contribution < -0.4 is 14.8 Å². The van der Waals surface area contributed by atoms with Gasteiger partial charge in [0.2, 0.25) is 0 Å². The molecule has 0 fully saturated rings. The number of ether oxygens (including phenoxy) is 3. The summed E-state index contributed by atoms with van der Waals surface area (Å²) in [6, 6.07) is 12.1. The van der Waals surface area contributed by atoms with Crippen LogP contribution in [0.1, 0.15) is 18.9 Å². The van der Waals surface area contributed by atoms with Gasteiger partial charge in [-0.05, 0) is 18.6 Å². The Morgan fingerprint density at radius 1 is 1.22 bits per heavy atom. The monoisotopic (exact) mass is 374 g/mol. The fourth-order valence-electron chi connectivity index (χ4n) is 2.49. The summed E-state index contributed by atoms with van der Waals surface area (Å²) in [7, 11) is 2.67. The molecule has 8 nitrogen and oxygen atoms in total. The van der Waals surface area contributed by atoms with Crippen LogP contribution >= 0.6 is 0 Å². The molecule has 0 aliphatic carbocycles. The molecule has 0 saturated carbocycles. The van der Waals surface area contributed by atoms with Crippen molar-refractivity contribution in [2.24, 2.45) is 0 Å². The van der Waals surface area contributed by atoms with Crippen LogP contribution in [0.2, 0.25) is 0 Å². The van der Waals surface area contributed by atoms with E-state index in [4.69, 9.17) is 14.2 Å². The van der Waals surface area contributed by atoms with E-state index in [1.807, 2.05) is 30.3 Å². The second-order valence-electron chi connectivity index (χ2n) is 5.65. The van der Waals surface area contributed by atoms with Crippen molar-refractivity contribution in [3.8, 4) is 11.5 Å². The predicted octanol–water partition coefficient (Wildman–Crippen LogP) is 3.55. The van der Waals surface area contributed by atoms with Gasteiger partial charge in [0.05, 0.1) is 25.2 Å². The van der Waals surface area contributed by atoms with Gasteiger partial charge in [-0.2, -0.15) is 0 Å². The minimum atomic E-state index is -0.846. The van der Waals surface area contributed by atoms with Gasteiger partial charge in [0, 0.05) is 23.9 Å². The van der Waals surface area contributed by atoms with Crippen LogP contribution in [0, 0.1) is 10.1 Å². The van der Waals surface area contributed by atoms with E-state index in [9.17, 15) is 14.9 Å². The molecule has 0 aliphatic rings. The number of hydrogen-bond acceptors (Lipinski definition) is 7. The summed E-state index contributed by atoms with van der Waals surface area (Å²) in [5, 5.41) is 14.4. The first-order valence-corrected chi connectivity index (χ1v) is 8.38. The number of nitro groups is 1. The lowest BCUT2D eigenvalue weighted by atomic mass is 10.1. The van der Waals surface area contributed by atoms with Crippen molar-refractivity contribution in [2.45, 2.75) is 26.0 Å². The zero-order valence-corrected chi connectivity index (χ0v) is 15.4.